The Bertz CT molecular complexity index is 1470. The molecular weight excluding hydrogens is 521 g/mol. The molecule has 2 fully saturated rings. The van der Waals surface area contributed by atoms with E-state index in [2.05, 4.69) is 15.1 Å². The predicted octanol–water partition coefficient (Wildman–Crippen LogP) is 5.06. The van der Waals surface area contributed by atoms with Crippen molar-refractivity contribution in [2.24, 2.45) is 5.92 Å². The van der Waals surface area contributed by atoms with E-state index in [0.717, 1.165) is 16.3 Å². The molecule has 2 aliphatic rings. The first-order valence-electron chi connectivity index (χ1n) is 12.2. The molecule has 12 heteroatoms. The van der Waals surface area contributed by atoms with Crippen LogP contribution in [0.4, 0.5) is 13.2 Å². The number of hydrogen-bond acceptors (Lipinski definition) is 8. The van der Waals surface area contributed by atoms with E-state index in [4.69, 9.17) is 14.2 Å². The Morgan fingerprint density at radius 3 is 2.58 bits per heavy atom. The van der Waals surface area contributed by atoms with Gasteiger partial charge < -0.3 is 19.3 Å². The summed E-state index contributed by atoms with van der Waals surface area (Å²) in [6.07, 6.45) is -8.48. The maximum Gasteiger partial charge on any atom is 0.418 e. The number of alkyl halides is 3. The molecule has 200 valence electrons. The van der Waals surface area contributed by atoms with Crippen molar-refractivity contribution in [3.63, 3.8) is 0 Å². The molecule has 4 unspecified atom stereocenters. The normalized spacial score (nSPS) is 28.0. The number of aliphatic hydroxyl groups is 1. The van der Waals surface area contributed by atoms with Crippen molar-refractivity contribution in [3.8, 4) is 5.69 Å². The molecular formula is C26H25F3N4O4S. The summed E-state index contributed by atoms with van der Waals surface area (Å²) < 4.78 is 62.6. The topological polar surface area (TPSA) is 91.5 Å². The van der Waals surface area contributed by atoms with E-state index in [9.17, 15) is 18.3 Å². The average molecular weight is 547 g/mol. The zero-order valence-corrected chi connectivity index (χ0v) is 21.5. The highest BCUT2D eigenvalue weighted by molar-refractivity contribution is 7.18. The number of nitrogens with zero attached hydrogens (tertiary/aromatic N) is 4. The van der Waals surface area contributed by atoms with Crippen LogP contribution in [0.1, 0.15) is 47.1 Å². The average Bonchev–Trinajstić information content (AvgIpc) is 3.46. The van der Waals surface area contributed by atoms with E-state index in [1.807, 2.05) is 37.3 Å². The Morgan fingerprint density at radius 2 is 1.84 bits per heavy atom. The third-order valence-electron chi connectivity index (χ3n) is 6.96. The Hall–Kier alpha value is -2.90. The van der Waals surface area contributed by atoms with Crippen LogP contribution < -0.4 is 0 Å². The molecule has 0 saturated carbocycles. The SMILES string of the molecule is Cc1nc([C@@H]2OC3COC(c4ccccc4)O[C@@H]3C(C)C2O)n(-c2cc3sc(C)nc3cc2C(F)(F)F)n1. The Morgan fingerprint density at radius 1 is 1.08 bits per heavy atom. The van der Waals surface area contributed by atoms with Gasteiger partial charge in [0, 0.05) is 11.5 Å². The second kappa shape index (κ2) is 9.38. The molecule has 2 aliphatic heterocycles. The summed E-state index contributed by atoms with van der Waals surface area (Å²) in [6.45, 7) is 5.33. The Labute approximate surface area is 220 Å². The van der Waals surface area contributed by atoms with E-state index in [1.165, 1.54) is 17.4 Å². The summed E-state index contributed by atoms with van der Waals surface area (Å²) in [6, 6.07) is 11.9. The standard InChI is InChI=1S/C26H25F3N4O4S/c1-12-21(34)23(36-19-11-35-25(37-22(12)19)15-7-5-4-6-8-15)24-30-13(2)32-33(24)18-10-20-17(31-14(3)38-20)9-16(18)26(27,28)29/h4-10,12,19,21-23,25,34H,11H2,1-3H3/t12?,19?,21?,22-,23-,25?/m1/s1. The lowest BCUT2D eigenvalue weighted by Crippen LogP contribution is -2.55. The zero-order chi connectivity index (χ0) is 26.8. The number of benzene rings is 2. The predicted molar refractivity (Wildman–Crippen MR) is 132 cm³/mol. The quantitative estimate of drug-likeness (QED) is 0.384. The van der Waals surface area contributed by atoms with Crippen molar-refractivity contribution in [1.29, 1.82) is 0 Å². The Kier molecular flexibility index (Phi) is 6.27. The molecule has 4 aromatic rings. The maximum atomic E-state index is 14.2. The summed E-state index contributed by atoms with van der Waals surface area (Å²) in [4.78, 5) is 8.63. The van der Waals surface area contributed by atoms with Crippen LogP contribution in [0.15, 0.2) is 42.5 Å². The first kappa shape index (κ1) is 25.4. The van der Waals surface area contributed by atoms with Crippen molar-refractivity contribution >= 4 is 21.6 Å². The van der Waals surface area contributed by atoms with Crippen LogP contribution >= 0.6 is 11.3 Å². The smallest absolute Gasteiger partial charge is 0.390 e. The minimum atomic E-state index is -4.67. The molecule has 6 rings (SSSR count). The van der Waals surface area contributed by atoms with E-state index in [-0.39, 0.29) is 29.5 Å². The van der Waals surface area contributed by atoms with Gasteiger partial charge in [-0.05, 0) is 26.0 Å². The molecule has 2 aromatic heterocycles. The lowest BCUT2D eigenvalue weighted by Gasteiger charge is -2.47. The zero-order valence-electron chi connectivity index (χ0n) is 20.7. The second-order valence-corrected chi connectivity index (χ2v) is 10.9. The third kappa shape index (κ3) is 4.39. The van der Waals surface area contributed by atoms with Crippen molar-refractivity contribution in [3.05, 3.63) is 70.2 Å². The molecule has 0 aliphatic carbocycles. The van der Waals surface area contributed by atoms with E-state index in [0.29, 0.717) is 9.71 Å². The van der Waals surface area contributed by atoms with E-state index in [1.54, 1.807) is 13.8 Å². The fourth-order valence-corrected chi connectivity index (χ4v) is 5.98. The molecule has 0 radical (unpaired) electrons. The van der Waals surface area contributed by atoms with Crippen LogP contribution in [-0.2, 0) is 20.4 Å². The molecule has 0 bridgehead atoms. The van der Waals surface area contributed by atoms with Crippen LogP contribution in [0.5, 0.6) is 0 Å². The van der Waals surface area contributed by atoms with Gasteiger partial charge in [0.05, 0.1) is 45.3 Å². The number of hydrogen-bond donors (Lipinski definition) is 1. The van der Waals surface area contributed by atoms with Crippen LogP contribution in [0, 0.1) is 19.8 Å². The number of thiazole rings is 1. The molecule has 0 spiro atoms. The fourth-order valence-electron chi connectivity index (χ4n) is 5.14. The first-order chi connectivity index (χ1) is 18.1. The summed E-state index contributed by atoms with van der Waals surface area (Å²) in [5.74, 6) is -0.0934. The van der Waals surface area contributed by atoms with Gasteiger partial charge in [0.1, 0.15) is 18.0 Å². The molecule has 8 nitrogen and oxygen atoms in total. The van der Waals surface area contributed by atoms with Crippen LogP contribution in [0.2, 0.25) is 0 Å². The van der Waals surface area contributed by atoms with Gasteiger partial charge in [0.25, 0.3) is 0 Å². The number of aryl methyl sites for hydroxylation is 2. The number of aromatic nitrogens is 4. The number of halogens is 3. The minimum absolute atomic E-state index is 0.0802. The third-order valence-corrected chi connectivity index (χ3v) is 7.89. The highest BCUT2D eigenvalue weighted by Crippen LogP contribution is 2.43. The monoisotopic (exact) mass is 546 g/mol. The summed E-state index contributed by atoms with van der Waals surface area (Å²) in [5, 5.41) is 16.3. The molecule has 38 heavy (non-hydrogen) atoms. The molecule has 6 atom stereocenters. The first-order valence-corrected chi connectivity index (χ1v) is 13.0. The lowest BCUT2D eigenvalue weighted by molar-refractivity contribution is -0.319. The van der Waals surface area contributed by atoms with Gasteiger partial charge in [0.2, 0.25) is 0 Å². The highest BCUT2D eigenvalue weighted by atomic mass is 32.1. The summed E-state index contributed by atoms with van der Waals surface area (Å²) >= 11 is 1.29. The van der Waals surface area contributed by atoms with Crippen LogP contribution in [-0.4, -0.2) is 49.8 Å². The van der Waals surface area contributed by atoms with Gasteiger partial charge >= 0.3 is 6.18 Å². The van der Waals surface area contributed by atoms with Crippen molar-refractivity contribution in [2.75, 3.05) is 6.61 Å². The summed E-state index contributed by atoms with van der Waals surface area (Å²) in [5.41, 5.74) is 0.0122. The fraction of sp³-hybridized carbons (Fsp3) is 0.423. The number of aliphatic hydroxyl groups excluding tert-OH is 1. The largest absolute Gasteiger partial charge is 0.418 e. The number of fused-ring (bicyclic) bond motifs is 2. The maximum absolute atomic E-state index is 14.2. The number of rotatable bonds is 3. The molecule has 4 heterocycles. The van der Waals surface area contributed by atoms with Crippen molar-refractivity contribution < 1.29 is 32.5 Å². The summed E-state index contributed by atoms with van der Waals surface area (Å²) in [7, 11) is 0. The van der Waals surface area contributed by atoms with Gasteiger partial charge in [-0.2, -0.15) is 18.3 Å². The molecule has 0 amide bonds. The Balaban J connectivity index is 1.37. The molecule has 1 N–H and O–H groups in total. The highest BCUT2D eigenvalue weighted by Gasteiger charge is 2.49. The lowest BCUT2D eigenvalue weighted by atomic mass is 9.86. The van der Waals surface area contributed by atoms with Crippen LogP contribution in [0.25, 0.3) is 15.9 Å². The molecule has 2 saturated heterocycles. The van der Waals surface area contributed by atoms with Crippen molar-refractivity contribution in [2.45, 2.75) is 57.7 Å². The van der Waals surface area contributed by atoms with E-state index < -0.39 is 48.4 Å². The van der Waals surface area contributed by atoms with Gasteiger partial charge in [-0.3, -0.25) is 0 Å². The molecule has 2 aromatic carbocycles. The van der Waals surface area contributed by atoms with Gasteiger partial charge in [-0.25, -0.2) is 14.6 Å². The second-order valence-electron chi connectivity index (χ2n) is 9.62. The van der Waals surface area contributed by atoms with Gasteiger partial charge in [-0.15, -0.1) is 11.3 Å². The van der Waals surface area contributed by atoms with Gasteiger partial charge in [-0.1, -0.05) is 37.3 Å². The minimum Gasteiger partial charge on any atom is -0.390 e. The van der Waals surface area contributed by atoms with E-state index >= 15 is 0 Å². The van der Waals surface area contributed by atoms with Crippen LogP contribution in [0.3, 0.4) is 0 Å². The number of ether oxygens (including phenoxy) is 3. The van der Waals surface area contributed by atoms with Gasteiger partial charge in [0.15, 0.2) is 12.1 Å². The van der Waals surface area contributed by atoms with Crippen molar-refractivity contribution in [1.82, 2.24) is 19.7 Å².